The topological polar surface area (TPSA) is 106 Å². The molecule has 2 heterocycles. The van der Waals surface area contributed by atoms with E-state index < -0.39 is 5.97 Å². The molecule has 1 N–H and O–H groups in total. The van der Waals surface area contributed by atoms with Gasteiger partial charge in [0.2, 0.25) is 17.7 Å². The van der Waals surface area contributed by atoms with Crippen molar-refractivity contribution in [2.24, 2.45) is 11.8 Å². The Morgan fingerprint density at radius 1 is 1.28 bits per heavy atom. The van der Waals surface area contributed by atoms with Crippen molar-refractivity contribution in [1.82, 2.24) is 9.88 Å². The van der Waals surface area contributed by atoms with Gasteiger partial charge in [-0.25, -0.2) is 9.78 Å². The van der Waals surface area contributed by atoms with Crippen LogP contribution >= 0.6 is 11.3 Å². The number of aromatic nitrogens is 1. The predicted octanol–water partition coefficient (Wildman–Crippen LogP) is 1.43. The Bertz CT molecular complexity index is 692. The Labute approximate surface area is 148 Å². The zero-order chi connectivity index (χ0) is 18.0. The van der Waals surface area contributed by atoms with Crippen LogP contribution in [0.5, 0.6) is 0 Å². The summed E-state index contributed by atoms with van der Waals surface area (Å²) in [4.78, 5) is 53.5. The molecule has 1 aliphatic heterocycles. The number of carbonyl (C=O) groups is 4. The van der Waals surface area contributed by atoms with E-state index in [-0.39, 0.29) is 52.5 Å². The quantitative estimate of drug-likeness (QED) is 0.625. The molecule has 25 heavy (non-hydrogen) atoms. The first-order valence-corrected chi connectivity index (χ1v) is 9.02. The van der Waals surface area contributed by atoms with E-state index in [2.05, 4.69) is 15.0 Å². The lowest BCUT2D eigenvalue weighted by molar-refractivity contribution is -0.140. The monoisotopic (exact) mass is 365 g/mol. The van der Waals surface area contributed by atoms with Crippen LogP contribution in [0.3, 0.4) is 0 Å². The lowest BCUT2D eigenvalue weighted by Gasteiger charge is -2.19. The van der Waals surface area contributed by atoms with Gasteiger partial charge in [-0.15, -0.1) is 0 Å². The van der Waals surface area contributed by atoms with Crippen molar-refractivity contribution in [3.05, 3.63) is 11.1 Å². The highest BCUT2D eigenvalue weighted by molar-refractivity contribution is 7.17. The normalized spacial score (nSPS) is 22.7. The molecule has 1 aromatic heterocycles. The fourth-order valence-corrected chi connectivity index (χ4v) is 4.12. The number of ether oxygens (including phenoxy) is 1. The number of rotatable bonds is 5. The van der Waals surface area contributed by atoms with Crippen LogP contribution < -0.4 is 5.32 Å². The Balaban J connectivity index is 1.54. The Kier molecular flexibility index (Phi) is 5.12. The summed E-state index contributed by atoms with van der Waals surface area (Å²) >= 11 is 1.00. The maximum absolute atomic E-state index is 12.3. The number of nitrogens with one attached hydrogen (secondary N) is 1. The van der Waals surface area contributed by atoms with E-state index in [1.165, 1.54) is 18.2 Å². The molecule has 1 saturated carbocycles. The number of fused-ring (bicyclic) bond motifs is 1. The van der Waals surface area contributed by atoms with E-state index in [0.29, 0.717) is 0 Å². The average molecular weight is 365 g/mol. The van der Waals surface area contributed by atoms with Crippen molar-refractivity contribution < 1.29 is 23.9 Å². The highest BCUT2D eigenvalue weighted by atomic mass is 32.1. The number of thiazole rings is 1. The van der Waals surface area contributed by atoms with Gasteiger partial charge in [0.1, 0.15) is 4.88 Å². The first-order valence-electron chi connectivity index (χ1n) is 8.20. The Morgan fingerprint density at radius 3 is 2.52 bits per heavy atom. The van der Waals surface area contributed by atoms with Crippen LogP contribution in [0.25, 0.3) is 0 Å². The number of carbonyl (C=O) groups excluding carboxylic acids is 4. The molecule has 8 nitrogen and oxygen atoms in total. The second-order valence-electron chi connectivity index (χ2n) is 6.14. The summed E-state index contributed by atoms with van der Waals surface area (Å²) < 4.78 is 4.58. The molecule has 134 valence electrons. The number of amides is 3. The summed E-state index contributed by atoms with van der Waals surface area (Å²) in [6.45, 7) is 0.0751. The number of hydrogen-bond donors (Lipinski definition) is 1. The second-order valence-corrected chi connectivity index (χ2v) is 7.18. The zero-order valence-corrected chi connectivity index (χ0v) is 14.6. The van der Waals surface area contributed by atoms with Crippen LogP contribution in [0, 0.1) is 11.8 Å². The molecule has 1 aliphatic carbocycles. The fraction of sp³-hybridized carbons (Fsp3) is 0.562. The van der Waals surface area contributed by atoms with Gasteiger partial charge in [-0.05, 0) is 12.8 Å². The van der Waals surface area contributed by atoms with Crippen molar-refractivity contribution in [3.63, 3.8) is 0 Å². The van der Waals surface area contributed by atoms with Gasteiger partial charge >= 0.3 is 5.97 Å². The van der Waals surface area contributed by atoms with E-state index in [1.54, 1.807) is 0 Å². The summed E-state index contributed by atoms with van der Waals surface area (Å²) in [6, 6.07) is 0. The van der Waals surface area contributed by atoms with Crippen LogP contribution in [-0.4, -0.2) is 47.2 Å². The molecule has 1 saturated heterocycles. The van der Waals surface area contributed by atoms with Gasteiger partial charge < -0.3 is 10.1 Å². The van der Waals surface area contributed by atoms with Crippen LogP contribution in [0.4, 0.5) is 5.13 Å². The Morgan fingerprint density at radius 2 is 1.92 bits per heavy atom. The van der Waals surface area contributed by atoms with Crippen molar-refractivity contribution >= 4 is 40.2 Å². The lowest BCUT2D eigenvalue weighted by Crippen LogP contribution is -2.34. The van der Waals surface area contributed by atoms with Crippen molar-refractivity contribution in [2.45, 2.75) is 32.1 Å². The number of anilines is 1. The summed E-state index contributed by atoms with van der Waals surface area (Å²) in [6.07, 6.45) is 4.79. The molecule has 3 amide bonds. The number of esters is 1. The standard InChI is InChI=1S/C16H19N3O5S/c1-24-15(23)11-8-17-16(25-11)18-12(20)6-7-19-13(21)9-4-2-3-5-10(9)14(19)22/h8-10H,2-7H2,1H3,(H,17,18,20). The van der Waals surface area contributed by atoms with E-state index in [9.17, 15) is 19.2 Å². The Hall–Kier alpha value is -2.29. The molecular formula is C16H19N3O5S. The van der Waals surface area contributed by atoms with E-state index >= 15 is 0 Å². The molecule has 9 heteroatoms. The van der Waals surface area contributed by atoms with Gasteiger partial charge in [0.25, 0.3) is 0 Å². The molecule has 2 fully saturated rings. The third-order valence-corrected chi connectivity index (χ3v) is 5.53. The molecule has 2 unspecified atom stereocenters. The van der Waals surface area contributed by atoms with Crippen LogP contribution in [-0.2, 0) is 19.1 Å². The van der Waals surface area contributed by atoms with Gasteiger partial charge in [-0.2, -0.15) is 0 Å². The number of likely N-dealkylation sites (tertiary alicyclic amines) is 1. The molecule has 0 aromatic carbocycles. The molecular weight excluding hydrogens is 346 g/mol. The van der Waals surface area contributed by atoms with Crippen LogP contribution in [0.1, 0.15) is 41.8 Å². The number of nitrogens with zero attached hydrogens (tertiary/aromatic N) is 2. The van der Waals surface area contributed by atoms with Crippen molar-refractivity contribution in [2.75, 3.05) is 19.0 Å². The minimum atomic E-state index is -0.520. The maximum Gasteiger partial charge on any atom is 0.349 e. The van der Waals surface area contributed by atoms with Gasteiger partial charge in [0.05, 0.1) is 25.1 Å². The maximum atomic E-state index is 12.3. The highest BCUT2D eigenvalue weighted by Gasteiger charge is 2.47. The smallest absolute Gasteiger partial charge is 0.349 e. The van der Waals surface area contributed by atoms with E-state index in [4.69, 9.17) is 0 Å². The van der Waals surface area contributed by atoms with Crippen LogP contribution in [0.15, 0.2) is 6.20 Å². The van der Waals surface area contributed by atoms with E-state index in [0.717, 1.165) is 37.0 Å². The summed E-state index contributed by atoms with van der Waals surface area (Å²) in [5.74, 6) is -1.58. The molecule has 0 spiro atoms. The first kappa shape index (κ1) is 17.5. The minimum absolute atomic E-state index is 0.00403. The fourth-order valence-electron chi connectivity index (χ4n) is 3.37. The number of hydrogen-bond acceptors (Lipinski definition) is 7. The highest BCUT2D eigenvalue weighted by Crippen LogP contribution is 2.37. The molecule has 2 atom stereocenters. The largest absolute Gasteiger partial charge is 0.465 e. The van der Waals surface area contributed by atoms with Gasteiger partial charge in [0.15, 0.2) is 5.13 Å². The second kappa shape index (κ2) is 7.30. The van der Waals surface area contributed by atoms with Crippen molar-refractivity contribution in [3.8, 4) is 0 Å². The SMILES string of the molecule is COC(=O)c1cnc(NC(=O)CCN2C(=O)C3CCCCC3C2=O)s1. The van der Waals surface area contributed by atoms with Gasteiger partial charge in [-0.3, -0.25) is 19.3 Å². The molecule has 3 rings (SSSR count). The average Bonchev–Trinajstić information content (AvgIpc) is 3.17. The summed E-state index contributed by atoms with van der Waals surface area (Å²) in [7, 11) is 1.27. The predicted molar refractivity (Wildman–Crippen MR) is 88.9 cm³/mol. The number of methoxy groups -OCH3 is 1. The van der Waals surface area contributed by atoms with Crippen molar-refractivity contribution in [1.29, 1.82) is 0 Å². The third kappa shape index (κ3) is 3.55. The lowest BCUT2D eigenvalue weighted by atomic mass is 9.81. The third-order valence-electron chi connectivity index (χ3n) is 4.63. The van der Waals surface area contributed by atoms with Gasteiger partial charge in [0, 0.05) is 13.0 Å². The first-order chi connectivity index (χ1) is 12.0. The molecule has 0 radical (unpaired) electrons. The molecule has 0 bridgehead atoms. The minimum Gasteiger partial charge on any atom is -0.465 e. The van der Waals surface area contributed by atoms with E-state index in [1.807, 2.05) is 0 Å². The van der Waals surface area contributed by atoms with Gasteiger partial charge in [-0.1, -0.05) is 24.2 Å². The zero-order valence-electron chi connectivity index (χ0n) is 13.8. The summed E-state index contributed by atoms with van der Waals surface area (Å²) in [5.41, 5.74) is 0. The molecule has 2 aliphatic rings. The number of imide groups is 1. The van der Waals surface area contributed by atoms with Crippen LogP contribution in [0.2, 0.25) is 0 Å². The molecule has 1 aromatic rings. The summed E-state index contributed by atoms with van der Waals surface area (Å²) in [5, 5.41) is 2.85.